The number of hydrogen-bond donors (Lipinski definition) is 2. The highest BCUT2D eigenvalue weighted by Gasteiger charge is 2.07. The van der Waals surface area contributed by atoms with Gasteiger partial charge < -0.3 is 15.2 Å². The van der Waals surface area contributed by atoms with Crippen LogP contribution in [0.2, 0.25) is 0 Å². The Morgan fingerprint density at radius 1 is 0.917 bits per heavy atom. The third-order valence-corrected chi connectivity index (χ3v) is 3.76. The predicted molar refractivity (Wildman–Crippen MR) is 95.2 cm³/mol. The van der Waals surface area contributed by atoms with E-state index in [9.17, 15) is 9.90 Å². The van der Waals surface area contributed by atoms with Gasteiger partial charge in [-0.3, -0.25) is 4.79 Å². The number of anilines is 2. The Morgan fingerprint density at radius 3 is 2.46 bits per heavy atom. The highest BCUT2D eigenvalue weighted by atomic mass is 16.5. The molecule has 0 bridgehead atoms. The number of benzene rings is 3. The van der Waals surface area contributed by atoms with Gasteiger partial charge in [-0.15, -0.1) is 0 Å². The van der Waals surface area contributed by atoms with Crippen molar-refractivity contribution < 1.29 is 14.6 Å². The zero-order valence-corrected chi connectivity index (χ0v) is 13.2. The van der Waals surface area contributed by atoms with Crippen LogP contribution in [-0.4, -0.2) is 18.5 Å². The smallest absolute Gasteiger partial charge is 0.152 e. The summed E-state index contributed by atoms with van der Waals surface area (Å²) in [4.78, 5) is 11.1. The summed E-state index contributed by atoms with van der Waals surface area (Å²) in [5.41, 5.74) is 3.55. The second-order valence-corrected chi connectivity index (χ2v) is 5.29. The molecule has 4 nitrogen and oxygen atoms in total. The highest BCUT2D eigenvalue weighted by molar-refractivity contribution is 5.87. The van der Waals surface area contributed by atoms with Crippen molar-refractivity contribution in [2.45, 2.75) is 0 Å². The van der Waals surface area contributed by atoms with Crippen molar-refractivity contribution in [3.05, 3.63) is 72.3 Å². The number of methoxy groups -OCH3 is 1. The molecule has 0 heterocycles. The fourth-order valence-corrected chi connectivity index (χ4v) is 2.48. The minimum Gasteiger partial charge on any atom is -0.506 e. The van der Waals surface area contributed by atoms with Crippen molar-refractivity contribution in [1.82, 2.24) is 0 Å². The van der Waals surface area contributed by atoms with Crippen LogP contribution in [0.5, 0.6) is 11.5 Å². The molecule has 0 aliphatic heterocycles. The molecule has 24 heavy (non-hydrogen) atoms. The van der Waals surface area contributed by atoms with E-state index in [0.717, 1.165) is 23.2 Å². The van der Waals surface area contributed by atoms with Crippen LogP contribution in [-0.2, 0) is 0 Å². The molecule has 3 aromatic rings. The van der Waals surface area contributed by atoms with Gasteiger partial charge in [-0.25, -0.2) is 0 Å². The number of phenolic OH excluding ortho intramolecular Hbond substituents is 1. The Balaban J connectivity index is 1.91. The van der Waals surface area contributed by atoms with Gasteiger partial charge in [0.05, 0.1) is 12.8 Å². The van der Waals surface area contributed by atoms with E-state index >= 15 is 0 Å². The van der Waals surface area contributed by atoms with Crippen molar-refractivity contribution in [3.63, 3.8) is 0 Å². The van der Waals surface area contributed by atoms with Crippen LogP contribution in [0.15, 0.2) is 66.7 Å². The molecule has 0 unspecified atom stereocenters. The SMILES string of the molecule is COc1cccc(-c2ccc(Nc3ccccc3C=O)c(O)c2)c1. The van der Waals surface area contributed by atoms with Crippen molar-refractivity contribution in [2.75, 3.05) is 12.4 Å². The molecule has 0 saturated carbocycles. The maximum atomic E-state index is 11.1. The van der Waals surface area contributed by atoms with E-state index in [4.69, 9.17) is 4.74 Å². The number of nitrogens with one attached hydrogen (secondary N) is 1. The second kappa shape index (κ2) is 6.87. The first-order valence-electron chi connectivity index (χ1n) is 7.50. The van der Waals surface area contributed by atoms with Gasteiger partial charge in [0, 0.05) is 11.3 Å². The van der Waals surface area contributed by atoms with E-state index in [1.54, 1.807) is 37.4 Å². The normalized spacial score (nSPS) is 10.2. The molecule has 3 aromatic carbocycles. The quantitative estimate of drug-likeness (QED) is 0.532. The first kappa shape index (κ1) is 15.6. The molecule has 120 valence electrons. The molecular weight excluding hydrogens is 302 g/mol. The molecule has 0 amide bonds. The van der Waals surface area contributed by atoms with E-state index < -0.39 is 0 Å². The number of para-hydroxylation sites is 1. The Labute approximate surface area is 140 Å². The summed E-state index contributed by atoms with van der Waals surface area (Å²) >= 11 is 0. The number of ether oxygens (including phenoxy) is 1. The molecule has 0 saturated heterocycles. The van der Waals surface area contributed by atoms with E-state index in [0.29, 0.717) is 16.9 Å². The maximum absolute atomic E-state index is 11.1. The zero-order chi connectivity index (χ0) is 16.9. The third kappa shape index (κ3) is 3.22. The lowest BCUT2D eigenvalue weighted by Crippen LogP contribution is -1.95. The van der Waals surface area contributed by atoms with E-state index in [1.165, 1.54) is 0 Å². The summed E-state index contributed by atoms with van der Waals surface area (Å²) in [7, 11) is 1.62. The Morgan fingerprint density at radius 2 is 1.71 bits per heavy atom. The number of aldehydes is 1. The lowest BCUT2D eigenvalue weighted by molar-refractivity contribution is 0.112. The summed E-state index contributed by atoms with van der Waals surface area (Å²) in [6, 6.07) is 20.1. The molecule has 2 N–H and O–H groups in total. The number of rotatable bonds is 5. The summed E-state index contributed by atoms with van der Waals surface area (Å²) < 4.78 is 5.23. The van der Waals surface area contributed by atoms with Crippen LogP contribution < -0.4 is 10.1 Å². The monoisotopic (exact) mass is 319 g/mol. The second-order valence-electron chi connectivity index (χ2n) is 5.29. The van der Waals surface area contributed by atoms with Crippen molar-refractivity contribution >= 4 is 17.7 Å². The highest BCUT2D eigenvalue weighted by Crippen LogP contribution is 2.33. The molecule has 0 radical (unpaired) electrons. The van der Waals surface area contributed by atoms with Crippen molar-refractivity contribution in [2.24, 2.45) is 0 Å². The van der Waals surface area contributed by atoms with E-state index in [2.05, 4.69) is 5.32 Å². The minimum atomic E-state index is 0.107. The number of carbonyl (C=O) groups excluding carboxylic acids is 1. The number of aromatic hydroxyl groups is 1. The predicted octanol–water partition coefficient (Wildman–Crippen LogP) is 4.62. The first-order chi connectivity index (χ1) is 11.7. The summed E-state index contributed by atoms with van der Waals surface area (Å²) in [5, 5.41) is 13.4. The summed E-state index contributed by atoms with van der Waals surface area (Å²) in [5.74, 6) is 0.866. The van der Waals surface area contributed by atoms with Crippen LogP contribution in [0.3, 0.4) is 0 Å². The molecule has 0 aliphatic carbocycles. The summed E-state index contributed by atoms with van der Waals surface area (Å²) in [6.07, 6.45) is 0.782. The average Bonchev–Trinajstić information content (AvgIpc) is 2.64. The molecule has 0 atom stereocenters. The Bertz CT molecular complexity index is 874. The molecule has 4 heteroatoms. The van der Waals surface area contributed by atoms with Crippen LogP contribution in [0.25, 0.3) is 11.1 Å². The van der Waals surface area contributed by atoms with Gasteiger partial charge in [0.15, 0.2) is 6.29 Å². The van der Waals surface area contributed by atoms with E-state index in [1.807, 2.05) is 36.4 Å². The Kier molecular flexibility index (Phi) is 4.47. The molecule has 0 spiro atoms. The van der Waals surface area contributed by atoms with E-state index in [-0.39, 0.29) is 5.75 Å². The largest absolute Gasteiger partial charge is 0.506 e. The van der Waals surface area contributed by atoms with Gasteiger partial charge in [0.1, 0.15) is 11.5 Å². The third-order valence-electron chi connectivity index (χ3n) is 3.76. The van der Waals surface area contributed by atoms with Crippen LogP contribution >= 0.6 is 0 Å². The Hall–Kier alpha value is -3.27. The van der Waals surface area contributed by atoms with Gasteiger partial charge in [-0.05, 0) is 47.5 Å². The van der Waals surface area contributed by atoms with Gasteiger partial charge in [0.25, 0.3) is 0 Å². The standard InChI is InChI=1S/C20H17NO3/c1-24-17-7-4-6-14(11-17)15-9-10-19(20(23)12-15)21-18-8-3-2-5-16(18)13-22/h2-13,21,23H,1H3. The average molecular weight is 319 g/mol. The number of hydrogen-bond acceptors (Lipinski definition) is 4. The topological polar surface area (TPSA) is 58.6 Å². The van der Waals surface area contributed by atoms with Gasteiger partial charge in [0.2, 0.25) is 0 Å². The van der Waals surface area contributed by atoms with Gasteiger partial charge >= 0.3 is 0 Å². The van der Waals surface area contributed by atoms with Crippen molar-refractivity contribution in [3.8, 4) is 22.6 Å². The first-order valence-corrected chi connectivity index (χ1v) is 7.50. The minimum absolute atomic E-state index is 0.107. The number of carbonyl (C=O) groups is 1. The van der Waals surface area contributed by atoms with Crippen molar-refractivity contribution in [1.29, 1.82) is 0 Å². The maximum Gasteiger partial charge on any atom is 0.152 e. The molecule has 0 fully saturated rings. The van der Waals surface area contributed by atoms with Gasteiger partial charge in [-0.2, -0.15) is 0 Å². The van der Waals surface area contributed by atoms with Crippen LogP contribution in [0.1, 0.15) is 10.4 Å². The molecule has 0 aliphatic rings. The fourth-order valence-electron chi connectivity index (χ4n) is 2.48. The molecular formula is C20H17NO3. The van der Waals surface area contributed by atoms with Crippen LogP contribution in [0, 0.1) is 0 Å². The number of phenols is 1. The fraction of sp³-hybridized carbons (Fsp3) is 0.0500. The molecule has 3 rings (SSSR count). The lowest BCUT2D eigenvalue weighted by atomic mass is 10.0. The van der Waals surface area contributed by atoms with Crippen LogP contribution in [0.4, 0.5) is 11.4 Å². The van der Waals surface area contributed by atoms with Gasteiger partial charge in [-0.1, -0.05) is 30.3 Å². The zero-order valence-electron chi connectivity index (χ0n) is 13.2. The molecule has 0 aromatic heterocycles. The lowest BCUT2D eigenvalue weighted by Gasteiger charge is -2.12. The summed E-state index contributed by atoms with van der Waals surface area (Å²) in [6.45, 7) is 0.